The van der Waals surface area contributed by atoms with Crippen LogP contribution in [-0.2, 0) is 17.7 Å². The number of hydrogen-bond donors (Lipinski definition) is 4. The lowest BCUT2D eigenvalue weighted by molar-refractivity contribution is 0.102. The predicted molar refractivity (Wildman–Crippen MR) is 154 cm³/mol. The Morgan fingerprint density at radius 2 is 1.98 bits per heavy atom. The standard InChI is InChI=1S/C27H31FN8O4S/c1-40-20-8-2-17(3-9-20)11-13-35(41(38)39)23-14-25(32-19-6-4-18(29)5-7-19)34-36-24(16-31-26(23)36)27(37)33-22-10-12-30-15-21(22)28/h2-3,8-10,12,14-16,18-19H,4-7,11,13,29H2,1H3,(H,32,34)(H,38,39)(H,30,33,37). The smallest absolute Gasteiger partial charge is 0.276 e. The molecule has 0 spiro atoms. The number of fused-ring (bicyclic) bond motifs is 1. The van der Waals surface area contributed by atoms with Crippen LogP contribution in [0.3, 0.4) is 0 Å². The van der Waals surface area contributed by atoms with Gasteiger partial charge in [-0.1, -0.05) is 12.1 Å². The van der Waals surface area contributed by atoms with Crippen LogP contribution in [0.2, 0.25) is 0 Å². The number of benzene rings is 1. The minimum atomic E-state index is -2.42. The SMILES string of the molecule is COc1ccc(CCN(c2cc(NC3CCC(N)CC3)nn3c(C(=O)Nc4ccncc4F)cnc23)S(=O)O)cc1. The maximum Gasteiger partial charge on any atom is 0.276 e. The molecule has 12 nitrogen and oxygen atoms in total. The first-order chi connectivity index (χ1) is 19.8. The normalized spacial score (nSPS) is 17.7. The molecule has 3 heterocycles. The van der Waals surface area contributed by atoms with E-state index >= 15 is 0 Å². The van der Waals surface area contributed by atoms with Gasteiger partial charge in [0.05, 0.1) is 30.9 Å². The Balaban J connectivity index is 1.50. The van der Waals surface area contributed by atoms with Gasteiger partial charge in [0, 0.05) is 30.9 Å². The molecule has 1 saturated carbocycles. The summed E-state index contributed by atoms with van der Waals surface area (Å²) in [7, 11) is 1.58. The number of halogens is 1. The largest absolute Gasteiger partial charge is 0.497 e. The van der Waals surface area contributed by atoms with Crippen LogP contribution in [0, 0.1) is 5.82 Å². The first-order valence-corrected chi connectivity index (χ1v) is 14.2. The van der Waals surface area contributed by atoms with E-state index in [-0.39, 0.29) is 35.7 Å². The summed E-state index contributed by atoms with van der Waals surface area (Å²) in [5.74, 6) is -0.241. The number of carbonyl (C=O) groups is 1. The molecule has 1 amide bonds. The van der Waals surface area contributed by atoms with Gasteiger partial charge in [-0.05, 0) is 55.9 Å². The van der Waals surface area contributed by atoms with Gasteiger partial charge in [-0.2, -0.15) is 0 Å². The summed E-state index contributed by atoms with van der Waals surface area (Å²) in [6, 6.07) is 10.7. The topological polar surface area (TPSA) is 160 Å². The number of ether oxygens (including phenoxy) is 1. The van der Waals surface area contributed by atoms with Crippen molar-refractivity contribution in [2.24, 2.45) is 5.73 Å². The van der Waals surface area contributed by atoms with Crippen molar-refractivity contribution >= 4 is 40.0 Å². The number of nitrogens with one attached hydrogen (secondary N) is 2. The Morgan fingerprint density at radius 3 is 2.66 bits per heavy atom. The van der Waals surface area contributed by atoms with E-state index in [9.17, 15) is 17.9 Å². The molecule has 5 rings (SSSR count). The van der Waals surface area contributed by atoms with E-state index in [1.54, 1.807) is 13.2 Å². The van der Waals surface area contributed by atoms with Gasteiger partial charge >= 0.3 is 0 Å². The summed E-state index contributed by atoms with van der Waals surface area (Å²) in [6.07, 6.45) is 7.49. The zero-order chi connectivity index (χ0) is 28.9. The summed E-state index contributed by atoms with van der Waals surface area (Å²) >= 11 is -2.42. The Bertz CT molecular complexity index is 1540. The number of anilines is 3. The molecule has 3 aromatic heterocycles. The minimum Gasteiger partial charge on any atom is -0.497 e. The van der Waals surface area contributed by atoms with Crippen LogP contribution in [0.1, 0.15) is 41.7 Å². The molecule has 0 saturated heterocycles. The molecular formula is C27H31FN8O4S. The Labute approximate surface area is 238 Å². The van der Waals surface area contributed by atoms with E-state index in [4.69, 9.17) is 10.5 Å². The summed E-state index contributed by atoms with van der Waals surface area (Å²) in [5, 5.41) is 10.5. The highest BCUT2D eigenvalue weighted by molar-refractivity contribution is 7.80. The number of amides is 1. The molecule has 1 fully saturated rings. The third-order valence-electron chi connectivity index (χ3n) is 7.05. The maximum absolute atomic E-state index is 14.2. The molecular weight excluding hydrogens is 551 g/mol. The van der Waals surface area contributed by atoms with E-state index in [1.807, 2.05) is 24.3 Å². The van der Waals surface area contributed by atoms with Crippen molar-refractivity contribution in [3.63, 3.8) is 0 Å². The molecule has 1 aliphatic rings. The van der Waals surface area contributed by atoms with Gasteiger partial charge in [-0.15, -0.1) is 5.10 Å². The number of hydrogen-bond acceptors (Lipinski definition) is 8. The highest BCUT2D eigenvalue weighted by Gasteiger charge is 2.25. The van der Waals surface area contributed by atoms with Crippen LogP contribution in [0.15, 0.2) is 55.0 Å². The molecule has 1 aliphatic carbocycles. The van der Waals surface area contributed by atoms with Crippen LogP contribution >= 0.6 is 0 Å². The fourth-order valence-electron chi connectivity index (χ4n) is 4.80. The highest BCUT2D eigenvalue weighted by Crippen LogP contribution is 2.28. The van der Waals surface area contributed by atoms with Gasteiger partial charge in [-0.25, -0.2) is 18.1 Å². The second-order valence-electron chi connectivity index (χ2n) is 9.79. The average Bonchev–Trinajstić information content (AvgIpc) is 3.40. The van der Waals surface area contributed by atoms with E-state index in [0.29, 0.717) is 23.7 Å². The lowest BCUT2D eigenvalue weighted by Gasteiger charge is -2.28. The van der Waals surface area contributed by atoms with Crippen molar-refractivity contribution in [2.75, 3.05) is 28.6 Å². The van der Waals surface area contributed by atoms with Crippen LogP contribution in [0.25, 0.3) is 5.65 Å². The second-order valence-corrected chi connectivity index (χ2v) is 10.7. The van der Waals surface area contributed by atoms with E-state index in [0.717, 1.165) is 37.4 Å². The molecule has 0 radical (unpaired) electrons. The molecule has 0 aliphatic heterocycles. The fourth-order valence-corrected chi connectivity index (χ4v) is 5.35. The molecule has 4 aromatic rings. The molecule has 216 valence electrons. The molecule has 14 heteroatoms. The first kappa shape index (κ1) is 28.4. The monoisotopic (exact) mass is 582 g/mol. The second kappa shape index (κ2) is 12.6. The Hall–Kier alpha value is -4.14. The quantitative estimate of drug-likeness (QED) is 0.206. The zero-order valence-corrected chi connectivity index (χ0v) is 23.2. The average molecular weight is 583 g/mol. The van der Waals surface area contributed by atoms with Crippen molar-refractivity contribution in [1.82, 2.24) is 19.6 Å². The van der Waals surface area contributed by atoms with Gasteiger partial charge in [0.25, 0.3) is 17.2 Å². The van der Waals surface area contributed by atoms with Crippen molar-refractivity contribution in [3.05, 3.63) is 72.1 Å². The van der Waals surface area contributed by atoms with Crippen LogP contribution in [0.4, 0.5) is 21.6 Å². The van der Waals surface area contributed by atoms with Gasteiger partial charge in [-0.3, -0.25) is 18.6 Å². The summed E-state index contributed by atoms with van der Waals surface area (Å²) in [6.45, 7) is 0.170. The van der Waals surface area contributed by atoms with Crippen LogP contribution in [-0.4, -0.2) is 60.0 Å². The third-order valence-corrected chi connectivity index (χ3v) is 7.80. The number of rotatable bonds is 10. The zero-order valence-electron chi connectivity index (χ0n) is 22.4. The van der Waals surface area contributed by atoms with Gasteiger partial charge in [0.15, 0.2) is 17.2 Å². The highest BCUT2D eigenvalue weighted by atomic mass is 32.2. The number of methoxy groups -OCH3 is 1. The van der Waals surface area contributed by atoms with E-state index in [2.05, 4.69) is 25.7 Å². The van der Waals surface area contributed by atoms with Crippen LogP contribution in [0.5, 0.6) is 5.75 Å². The number of imidazole rings is 1. The fraction of sp³-hybridized carbons (Fsp3) is 0.333. The lowest BCUT2D eigenvalue weighted by atomic mass is 9.92. The van der Waals surface area contributed by atoms with Gasteiger partial charge in [0.2, 0.25) is 0 Å². The number of pyridine rings is 1. The summed E-state index contributed by atoms with van der Waals surface area (Å²) in [4.78, 5) is 21.3. The number of nitrogens with zero attached hydrogens (tertiary/aromatic N) is 5. The molecule has 1 atom stereocenters. The number of aromatic nitrogens is 4. The Kier molecular flexibility index (Phi) is 8.71. The Morgan fingerprint density at radius 1 is 1.22 bits per heavy atom. The third kappa shape index (κ3) is 6.61. The number of carbonyl (C=O) groups excluding carboxylic acids is 1. The van der Waals surface area contributed by atoms with Gasteiger partial charge in [0.1, 0.15) is 11.6 Å². The van der Waals surface area contributed by atoms with E-state index in [1.165, 1.54) is 27.3 Å². The van der Waals surface area contributed by atoms with Crippen molar-refractivity contribution < 1.29 is 22.7 Å². The van der Waals surface area contributed by atoms with Gasteiger partial charge < -0.3 is 21.1 Å². The van der Waals surface area contributed by atoms with Crippen molar-refractivity contribution in [2.45, 2.75) is 44.2 Å². The van der Waals surface area contributed by atoms with E-state index < -0.39 is 23.0 Å². The number of nitrogens with two attached hydrogens (primary N) is 1. The lowest BCUT2D eigenvalue weighted by Crippen LogP contribution is -2.33. The molecule has 41 heavy (non-hydrogen) atoms. The van der Waals surface area contributed by atoms with Crippen LogP contribution < -0.4 is 25.4 Å². The summed E-state index contributed by atoms with van der Waals surface area (Å²) < 4.78 is 44.9. The molecule has 1 aromatic carbocycles. The van der Waals surface area contributed by atoms with Crippen molar-refractivity contribution in [1.29, 1.82) is 0 Å². The molecule has 0 bridgehead atoms. The molecule has 5 N–H and O–H groups in total. The maximum atomic E-state index is 14.2. The minimum absolute atomic E-state index is 0.0191. The predicted octanol–water partition coefficient (Wildman–Crippen LogP) is 3.39. The van der Waals surface area contributed by atoms with Crippen molar-refractivity contribution in [3.8, 4) is 5.75 Å². The summed E-state index contributed by atoms with van der Waals surface area (Å²) in [5.41, 5.74) is 7.47. The first-order valence-electron chi connectivity index (χ1n) is 13.2. The molecule has 1 unspecified atom stereocenters.